The van der Waals surface area contributed by atoms with E-state index in [-0.39, 0.29) is 0 Å². The highest BCUT2D eigenvalue weighted by Gasteiger charge is 2.43. The van der Waals surface area contributed by atoms with Crippen LogP contribution in [0.3, 0.4) is 0 Å². The van der Waals surface area contributed by atoms with Crippen molar-refractivity contribution in [1.82, 2.24) is 5.32 Å². The Hall–Kier alpha value is -1.02. The maximum Gasteiger partial charge on any atom is 0.119 e. The van der Waals surface area contributed by atoms with Gasteiger partial charge in [-0.25, -0.2) is 0 Å². The number of hydrogen-bond acceptors (Lipinski definition) is 2. The molecule has 1 N–H and O–H groups in total. The molecule has 1 aliphatic carbocycles. The molecule has 2 nitrogen and oxygen atoms in total. The van der Waals surface area contributed by atoms with Crippen molar-refractivity contribution in [2.75, 3.05) is 20.2 Å². The molecule has 1 aromatic rings. The summed E-state index contributed by atoms with van der Waals surface area (Å²) >= 11 is 0. The van der Waals surface area contributed by atoms with Crippen LogP contribution >= 0.6 is 0 Å². The maximum atomic E-state index is 5.28. The second-order valence-electron chi connectivity index (χ2n) is 4.41. The first-order chi connectivity index (χ1) is 6.84. The third-order valence-electron chi connectivity index (χ3n) is 3.69. The van der Waals surface area contributed by atoms with Crippen molar-refractivity contribution in [1.29, 1.82) is 0 Å². The second-order valence-corrected chi connectivity index (χ2v) is 4.41. The normalized spacial score (nSPS) is 21.8. The van der Waals surface area contributed by atoms with Gasteiger partial charge in [0.15, 0.2) is 0 Å². The van der Waals surface area contributed by atoms with Crippen molar-refractivity contribution in [3.8, 4) is 5.75 Å². The molecule has 1 spiro atoms. The lowest BCUT2D eigenvalue weighted by Gasteiger charge is -2.40. The monoisotopic (exact) mass is 189 g/mol. The molecule has 0 saturated carbocycles. The molecule has 0 amide bonds. The summed E-state index contributed by atoms with van der Waals surface area (Å²) in [4.78, 5) is 0. The Kier molecular flexibility index (Phi) is 1.62. The van der Waals surface area contributed by atoms with E-state index in [4.69, 9.17) is 4.74 Å². The zero-order chi connectivity index (χ0) is 9.60. The van der Waals surface area contributed by atoms with Gasteiger partial charge in [-0.05, 0) is 36.1 Å². The standard InChI is InChI=1S/C12H15NO/c1-14-10-3-2-9-4-5-12(7-13-8-12)11(9)6-10/h2-3,6,13H,4-5,7-8H2,1H3. The van der Waals surface area contributed by atoms with Crippen LogP contribution in [0.5, 0.6) is 5.75 Å². The molecule has 74 valence electrons. The number of fused-ring (bicyclic) bond motifs is 2. The van der Waals surface area contributed by atoms with Crippen molar-refractivity contribution in [3.63, 3.8) is 0 Å². The van der Waals surface area contributed by atoms with Gasteiger partial charge in [-0.2, -0.15) is 0 Å². The smallest absolute Gasteiger partial charge is 0.119 e. The van der Waals surface area contributed by atoms with Gasteiger partial charge >= 0.3 is 0 Å². The molecule has 0 aromatic heterocycles. The van der Waals surface area contributed by atoms with Crippen molar-refractivity contribution in [2.24, 2.45) is 0 Å². The fourth-order valence-electron chi connectivity index (χ4n) is 2.70. The highest BCUT2D eigenvalue weighted by molar-refractivity contribution is 5.46. The number of benzene rings is 1. The van der Waals surface area contributed by atoms with Crippen molar-refractivity contribution in [3.05, 3.63) is 29.3 Å². The van der Waals surface area contributed by atoms with Crippen LogP contribution < -0.4 is 10.1 Å². The molecule has 0 radical (unpaired) electrons. The Labute approximate surface area is 84.3 Å². The Morgan fingerprint density at radius 3 is 2.86 bits per heavy atom. The summed E-state index contributed by atoms with van der Waals surface area (Å²) in [5.41, 5.74) is 3.49. The number of methoxy groups -OCH3 is 1. The zero-order valence-electron chi connectivity index (χ0n) is 8.47. The molecule has 1 fully saturated rings. The van der Waals surface area contributed by atoms with Gasteiger partial charge in [-0.15, -0.1) is 0 Å². The van der Waals surface area contributed by atoms with Crippen LogP contribution in [0.25, 0.3) is 0 Å². The molecule has 2 heteroatoms. The quantitative estimate of drug-likeness (QED) is 0.722. The average molecular weight is 189 g/mol. The summed E-state index contributed by atoms with van der Waals surface area (Å²) in [5, 5.41) is 3.38. The van der Waals surface area contributed by atoms with Crippen LogP contribution in [0.15, 0.2) is 18.2 Å². The van der Waals surface area contributed by atoms with Crippen LogP contribution in [-0.2, 0) is 11.8 Å². The average Bonchev–Trinajstić information content (AvgIpc) is 2.55. The van der Waals surface area contributed by atoms with E-state index in [9.17, 15) is 0 Å². The summed E-state index contributed by atoms with van der Waals surface area (Å²) in [6.45, 7) is 2.29. The molecule has 1 aromatic carbocycles. The van der Waals surface area contributed by atoms with E-state index >= 15 is 0 Å². The summed E-state index contributed by atoms with van der Waals surface area (Å²) in [6.07, 6.45) is 2.55. The number of nitrogens with one attached hydrogen (secondary N) is 1. The molecule has 1 aliphatic heterocycles. The van der Waals surface area contributed by atoms with Crippen LogP contribution in [0.2, 0.25) is 0 Å². The third-order valence-corrected chi connectivity index (χ3v) is 3.69. The van der Waals surface area contributed by atoms with Crippen LogP contribution in [0.1, 0.15) is 17.5 Å². The zero-order valence-corrected chi connectivity index (χ0v) is 8.47. The second kappa shape index (κ2) is 2.74. The van der Waals surface area contributed by atoms with E-state index in [0.29, 0.717) is 5.41 Å². The molecule has 0 atom stereocenters. The van der Waals surface area contributed by atoms with Crippen LogP contribution in [0, 0.1) is 0 Å². The molecule has 2 aliphatic rings. The van der Waals surface area contributed by atoms with E-state index in [2.05, 4.69) is 23.5 Å². The summed E-state index contributed by atoms with van der Waals surface area (Å²) in [7, 11) is 1.74. The van der Waals surface area contributed by atoms with Gasteiger partial charge in [-0.1, -0.05) is 6.07 Å². The van der Waals surface area contributed by atoms with E-state index in [1.807, 2.05) is 0 Å². The van der Waals surface area contributed by atoms with E-state index in [1.165, 1.54) is 24.0 Å². The first-order valence-electron chi connectivity index (χ1n) is 5.22. The van der Waals surface area contributed by atoms with Gasteiger partial charge in [-0.3, -0.25) is 0 Å². The lowest BCUT2D eigenvalue weighted by Crippen LogP contribution is -2.55. The number of rotatable bonds is 1. The largest absolute Gasteiger partial charge is 0.497 e. The number of hydrogen-bond donors (Lipinski definition) is 1. The lowest BCUT2D eigenvalue weighted by molar-refractivity contribution is 0.275. The Morgan fingerprint density at radius 2 is 2.21 bits per heavy atom. The highest BCUT2D eigenvalue weighted by Crippen LogP contribution is 2.42. The van der Waals surface area contributed by atoms with Gasteiger partial charge in [0.2, 0.25) is 0 Å². The van der Waals surface area contributed by atoms with Crippen molar-refractivity contribution in [2.45, 2.75) is 18.3 Å². The fourth-order valence-corrected chi connectivity index (χ4v) is 2.70. The fraction of sp³-hybridized carbons (Fsp3) is 0.500. The molecular weight excluding hydrogens is 174 g/mol. The summed E-state index contributed by atoms with van der Waals surface area (Å²) in [6, 6.07) is 6.52. The van der Waals surface area contributed by atoms with Crippen molar-refractivity contribution >= 4 is 0 Å². The van der Waals surface area contributed by atoms with Crippen LogP contribution in [0.4, 0.5) is 0 Å². The van der Waals surface area contributed by atoms with E-state index < -0.39 is 0 Å². The topological polar surface area (TPSA) is 21.3 Å². The highest BCUT2D eigenvalue weighted by atomic mass is 16.5. The number of aryl methyl sites for hydroxylation is 1. The third kappa shape index (κ3) is 0.947. The first kappa shape index (κ1) is 8.30. The van der Waals surface area contributed by atoms with Gasteiger partial charge in [0.25, 0.3) is 0 Å². The van der Waals surface area contributed by atoms with Gasteiger partial charge in [0, 0.05) is 18.5 Å². The Morgan fingerprint density at radius 1 is 1.36 bits per heavy atom. The van der Waals surface area contributed by atoms with E-state index in [0.717, 1.165) is 18.8 Å². The van der Waals surface area contributed by atoms with Gasteiger partial charge in [0.1, 0.15) is 5.75 Å². The Bertz CT molecular complexity index is 369. The van der Waals surface area contributed by atoms with Gasteiger partial charge < -0.3 is 10.1 Å². The molecular formula is C12H15NO. The SMILES string of the molecule is COc1ccc2c(c1)C1(CC2)CNC1. The maximum absolute atomic E-state index is 5.28. The van der Waals surface area contributed by atoms with E-state index in [1.54, 1.807) is 7.11 Å². The summed E-state index contributed by atoms with van der Waals surface area (Å²) < 4.78 is 5.28. The Balaban J connectivity index is 2.08. The predicted molar refractivity (Wildman–Crippen MR) is 55.9 cm³/mol. The molecule has 0 bridgehead atoms. The minimum atomic E-state index is 0.448. The molecule has 1 heterocycles. The molecule has 14 heavy (non-hydrogen) atoms. The summed E-state index contributed by atoms with van der Waals surface area (Å²) in [5.74, 6) is 0.997. The number of ether oxygens (including phenoxy) is 1. The van der Waals surface area contributed by atoms with Gasteiger partial charge in [0.05, 0.1) is 7.11 Å². The predicted octanol–water partition coefficient (Wildman–Crippen LogP) is 1.48. The minimum Gasteiger partial charge on any atom is -0.497 e. The van der Waals surface area contributed by atoms with Crippen molar-refractivity contribution < 1.29 is 4.74 Å². The lowest BCUT2D eigenvalue weighted by atomic mass is 9.76. The minimum absolute atomic E-state index is 0.448. The molecule has 1 saturated heterocycles. The first-order valence-corrected chi connectivity index (χ1v) is 5.22. The van der Waals surface area contributed by atoms with Crippen LogP contribution in [-0.4, -0.2) is 20.2 Å². The molecule has 3 rings (SSSR count). The molecule has 0 unspecified atom stereocenters.